The SMILES string of the molecule is O=c1n(CCN2CCCC2CC(O)c2ccco2)nc2ccccn12. The Morgan fingerprint density at radius 1 is 1.28 bits per heavy atom. The molecule has 7 nitrogen and oxygen atoms in total. The summed E-state index contributed by atoms with van der Waals surface area (Å²) in [6.45, 7) is 2.28. The van der Waals surface area contributed by atoms with Crippen molar-refractivity contribution in [1.29, 1.82) is 0 Å². The smallest absolute Gasteiger partial charge is 0.350 e. The Hall–Kier alpha value is -2.38. The third-order valence-electron chi connectivity index (χ3n) is 4.95. The third kappa shape index (κ3) is 3.25. The van der Waals surface area contributed by atoms with Crippen LogP contribution in [0.15, 0.2) is 52.0 Å². The fourth-order valence-corrected chi connectivity index (χ4v) is 3.65. The monoisotopic (exact) mass is 342 g/mol. The summed E-state index contributed by atoms with van der Waals surface area (Å²) in [5.41, 5.74) is 0.556. The number of rotatable bonds is 6. The lowest BCUT2D eigenvalue weighted by Gasteiger charge is -2.25. The minimum Gasteiger partial charge on any atom is -0.467 e. The number of aromatic nitrogens is 3. The van der Waals surface area contributed by atoms with E-state index in [2.05, 4.69) is 10.00 Å². The molecule has 132 valence electrons. The highest BCUT2D eigenvalue weighted by Crippen LogP contribution is 2.27. The molecule has 0 radical (unpaired) electrons. The van der Waals surface area contributed by atoms with Crippen LogP contribution in [0.1, 0.15) is 31.1 Å². The molecule has 0 aliphatic carbocycles. The number of hydrogen-bond acceptors (Lipinski definition) is 5. The average molecular weight is 342 g/mol. The summed E-state index contributed by atoms with van der Waals surface area (Å²) >= 11 is 0. The van der Waals surface area contributed by atoms with Gasteiger partial charge in [-0.25, -0.2) is 9.48 Å². The van der Waals surface area contributed by atoms with Crippen LogP contribution in [0.5, 0.6) is 0 Å². The molecular weight excluding hydrogens is 320 g/mol. The Balaban J connectivity index is 1.41. The number of aliphatic hydroxyl groups is 1. The summed E-state index contributed by atoms with van der Waals surface area (Å²) in [4.78, 5) is 14.7. The molecule has 3 aromatic rings. The first-order valence-electron chi connectivity index (χ1n) is 8.72. The first kappa shape index (κ1) is 16.1. The normalized spacial score (nSPS) is 19.6. The van der Waals surface area contributed by atoms with Gasteiger partial charge in [-0.05, 0) is 50.1 Å². The first-order chi connectivity index (χ1) is 12.2. The molecule has 25 heavy (non-hydrogen) atoms. The van der Waals surface area contributed by atoms with Crippen molar-refractivity contribution in [2.75, 3.05) is 13.1 Å². The second kappa shape index (κ2) is 6.85. The number of nitrogens with zero attached hydrogens (tertiary/aromatic N) is 4. The maximum atomic E-state index is 12.3. The van der Waals surface area contributed by atoms with E-state index >= 15 is 0 Å². The summed E-state index contributed by atoms with van der Waals surface area (Å²) in [6, 6.07) is 9.43. The summed E-state index contributed by atoms with van der Waals surface area (Å²) in [7, 11) is 0. The van der Waals surface area contributed by atoms with E-state index in [-0.39, 0.29) is 5.69 Å². The topological polar surface area (TPSA) is 75.9 Å². The van der Waals surface area contributed by atoms with E-state index in [4.69, 9.17) is 4.42 Å². The summed E-state index contributed by atoms with van der Waals surface area (Å²) in [5, 5.41) is 14.7. The molecule has 4 heterocycles. The Labute approximate surface area is 145 Å². The van der Waals surface area contributed by atoms with Gasteiger partial charge < -0.3 is 9.52 Å². The van der Waals surface area contributed by atoms with E-state index in [0.29, 0.717) is 30.4 Å². The molecule has 0 aromatic carbocycles. The summed E-state index contributed by atoms with van der Waals surface area (Å²) < 4.78 is 8.37. The zero-order valence-corrected chi connectivity index (χ0v) is 14.0. The van der Waals surface area contributed by atoms with Gasteiger partial charge in [0.05, 0.1) is 12.8 Å². The molecule has 1 saturated heterocycles. The molecule has 2 atom stereocenters. The Kier molecular flexibility index (Phi) is 4.42. The van der Waals surface area contributed by atoms with Crippen molar-refractivity contribution in [2.24, 2.45) is 0 Å². The number of likely N-dealkylation sites (tertiary alicyclic amines) is 1. The van der Waals surface area contributed by atoms with Crippen LogP contribution in [-0.2, 0) is 6.54 Å². The highest BCUT2D eigenvalue weighted by atomic mass is 16.4. The highest BCUT2D eigenvalue weighted by molar-refractivity contribution is 5.35. The molecule has 2 unspecified atom stereocenters. The lowest BCUT2D eigenvalue weighted by molar-refractivity contribution is 0.100. The van der Waals surface area contributed by atoms with Gasteiger partial charge >= 0.3 is 5.69 Å². The highest BCUT2D eigenvalue weighted by Gasteiger charge is 2.28. The summed E-state index contributed by atoms with van der Waals surface area (Å²) in [5.74, 6) is 0.614. The third-order valence-corrected chi connectivity index (χ3v) is 4.95. The lowest BCUT2D eigenvalue weighted by atomic mass is 10.1. The van der Waals surface area contributed by atoms with E-state index < -0.39 is 6.10 Å². The second-order valence-corrected chi connectivity index (χ2v) is 6.53. The Bertz CT molecular complexity index is 883. The van der Waals surface area contributed by atoms with E-state index in [0.717, 1.165) is 25.9 Å². The molecule has 1 N–H and O–H groups in total. The van der Waals surface area contributed by atoms with Crippen LogP contribution in [0.3, 0.4) is 0 Å². The minimum absolute atomic E-state index is 0.109. The van der Waals surface area contributed by atoms with Gasteiger partial charge in [0.15, 0.2) is 5.65 Å². The van der Waals surface area contributed by atoms with E-state index in [9.17, 15) is 9.90 Å². The van der Waals surface area contributed by atoms with Gasteiger partial charge in [0.1, 0.15) is 11.9 Å². The van der Waals surface area contributed by atoms with Crippen LogP contribution in [-0.4, -0.2) is 43.3 Å². The van der Waals surface area contributed by atoms with Gasteiger partial charge in [-0.2, -0.15) is 0 Å². The van der Waals surface area contributed by atoms with Crippen LogP contribution < -0.4 is 5.69 Å². The predicted molar refractivity (Wildman–Crippen MR) is 92.3 cm³/mol. The van der Waals surface area contributed by atoms with E-state index in [1.165, 1.54) is 4.68 Å². The van der Waals surface area contributed by atoms with Crippen molar-refractivity contribution in [3.05, 3.63) is 59.0 Å². The van der Waals surface area contributed by atoms with Crippen molar-refractivity contribution < 1.29 is 9.52 Å². The largest absolute Gasteiger partial charge is 0.467 e. The van der Waals surface area contributed by atoms with Crippen molar-refractivity contribution in [3.8, 4) is 0 Å². The van der Waals surface area contributed by atoms with Gasteiger partial charge in [0, 0.05) is 18.8 Å². The van der Waals surface area contributed by atoms with Crippen molar-refractivity contribution in [2.45, 2.75) is 38.0 Å². The molecule has 0 spiro atoms. The molecule has 3 aromatic heterocycles. The van der Waals surface area contributed by atoms with Crippen LogP contribution in [0.25, 0.3) is 5.65 Å². The standard InChI is InChI=1S/C18H22N4O3/c23-15(16-6-4-12-25-16)13-14-5-3-8-20(14)10-11-22-18(24)21-9-2-1-7-17(21)19-22/h1-2,4,6-7,9,12,14-15,23H,3,5,8,10-11,13H2. The van der Waals surface area contributed by atoms with Crippen molar-refractivity contribution in [1.82, 2.24) is 19.1 Å². The maximum absolute atomic E-state index is 12.3. The van der Waals surface area contributed by atoms with Crippen LogP contribution in [0, 0.1) is 0 Å². The number of aliphatic hydroxyl groups excluding tert-OH is 1. The fraction of sp³-hybridized carbons (Fsp3) is 0.444. The molecule has 0 bridgehead atoms. The molecular formula is C18H22N4O3. The minimum atomic E-state index is -0.585. The van der Waals surface area contributed by atoms with Crippen LogP contribution >= 0.6 is 0 Å². The van der Waals surface area contributed by atoms with Crippen molar-refractivity contribution >= 4 is 5.65 Å². The fourth-order valence-electron chi connectivity index (χ4n) is 3.65. The van der Waals surface area contributed by atoms with Crippen molar-refractivity contribution in [3.63, 3.8) is 0 Å². The number of pyridine rings is 1. The Morgan fingerprint density at radius 3 is 3.00 bits per heavy atom. The lowest BCUT2D eigenvalue weighted by Crippen LogP contribution is -2.35. The maximum Gasteiger partial charge on any atom is 0.350 e. The average Bonchev–Trinajstić information content (AvgIpc) is 3.35. The van der Waals surface area contributed by atoms with E-state index in [1.807, 2.05) is 18.2 Å². The summed E-state index contributed by atoms with van der Waals surface area (Å²) in [6.07, 6.45) is 5.54. The first-order valence-corrected chi connectivity index (χ1v) is 8.72. The van der Waals surface area contributed by atoms with Gasteiger partial charge in [0.2, 0.25) is 0 Å². The molecule has 0 amide bonds. The van der Waals surface area contributed by atoms with Gasteiger partial charge in [-0.15, -0.1) is 5.10 Å². The number of hydrogen-bond donors (Lipinski definition) is 1. The number of fused-ring (bicyclic) bond motifs is 1. The quantitative estimate of drug-likeness (QED) is 0.737. The van der Waals surface area contributed by atoms with Crippen LogP contribution in [0.4, 0.5) is 0 Å². The number of furan rings is 1. The molecule has 1 aliphatic heterocycles. The van der Waals surface area contributed by atoms with Gasteiger partial charge in [0.25, 0.3) is 0 Å². The second-order valence-electron chi connectivity index (χ2n) is 6.53. The van der Waals surface area contributed by atoms with Crippen LogP contribution in [0.2, 0.25) is 0 Å². The molecule has 1 fully saturated rings. The zero-order chi connectivity index (χ0) is 17.2. The zero-order valence-electron chi connectivity index (χ0n) is 14.0. The van der Waals surface area contributed by atoms with Gasteiger partial charge in [-0.1, -0.05) is 6.07 Å². The molecule has 7 heteroatoms. The Morgan fingerprint density at radius 2 is 2.20 bits per heavy atom. The van der Waals surface area contributed by atoms with E-state index in [1.54, 1.807) is 29.0 Å². The molecule has 1 aliphatic rings. The molecule has 4 rings (SSSR count). The molecule has 0 saturated carbocycles. The van der Waals surface area contributed by atoms with Gasteiger partial charge in [-0.3, -0.25) is 9.30 Å². The predicted octanol–water partition coefficient (Wildman–Crippen LogP) is 1.68.